The third kappa shape index (κ3) is 1.20. The van der Waals surface area contributed by atoms with Crippen molar-refractivity contribution in [3.8, 4) is 0 Å². The van der Waals surface area contributed by atoms with Gasteiger partial charge in [0.05, 0.1) is 0 Å². The van der Waals surface area contributed by atoms with Gasteiger partial charge in [-0.3, -0.25) is 0 Å². The van der Waals surface area contributed by atoms with E-state index in [-0.39, 0.29) is 0 Å². The number of fused-ring (bicyclic) bond motifs is 2. The Bertz CT molecular complexity index is 122. The Morgan fingerprint density at radius 1 is 1.22 bits per heavy atom. The Labute approximate surface area is 65.5 Å². The van der Waals surface area contributed by atoms with Crippen LogP contribution in [0, 0.1) is 5.92 Å². The van der Waals surface area contributed by atoms with Crippen molar-refractivity contribution < 1.29 is 0 Å². The van der Waals surface area contributed by atoms with E-state index in [1.165, 1.54) is 6.42 Å². The molecule has 0 aromatic carbocycles. The zero-order valence-electron chi connectivity index (χ0n) is 5.68. The first-order valence-corrected chi connectivity index (χ1v) is 8.42. The van der Waals surface area contributed by atoms with E-state index in [4.69, 9.17) is 0 Å². The van der Waals surface area contributed by atoms with Crippen LogP contribution >= 0.6 is 5.95 Å². The predicted octanol–water partition coefficient (Wildman–Crippen LogP) is 1.90. The topological polar surface area (TPSA) is 0 Å². The van der Waals surface area contributed by atoms with E-state index in [0.717, 1.165) is 5.92 Å². The van der Waals surface area contributed by atoms with Gasteiger partial charge >= 0.3 is 65.2 Å². The van der Waals surface area contributed by atoms with Crippen molar-refractivity contribution in [1.29, 1.82) is 0 Å². The van der Waals surface area contributed by atoms with Crippen LogP contribution in [0.15, 0.2) is 0 Å². The third-order valence-electron chi connectivity index (χ3n) is 2.71. The van der Waals surface area contributed by atoms with Crippen LogP contribution in [0.25, 0.3) is 0 Å². The molecule has 2 rings (SSSR count). The molecule has 2 fully saturated rings. The molecule has 0 radical (unpaired) electrons. The Hall–Kier alpha value is 0.949. The Kier molecular flexibility index (Phi) is 1.64. The van der Waals surface area contributed by atoms with Gasteiger partial charge in [-0.05, 0) is 0 Å². The summed E-state index contributed by atoms with van der Waals surface area (Å²) in [6.07, 6.45) is 9.39. The average Bonchev–Trinajstić information content (AvgIpc) is 2.07. The molecule has 0 nitrogen and oxygen atoms in total. The molecule has 2 aliphatic rings. The van der Waals surface area contributed by atoms with Crippen LogP contribution in [0.2, 0.25) is 0 Å². The monoisotopic (exact) mass is 208 g/mol. The van der Waals surface area contributed by atoms with Crippen molar-refractivity contribution in [2.75, 3.05) is 18.5 Å². The molecule has 2 atom stereocenters. The van der Waals surface area contributed by atoms with Gasteiger partial charge in [-0.2, -0.15) is 0 Å². The second kappa shape index (κ2) is 2.22. The Morgan fingerprint density at radius 2 is 2.11 bits per heavy atom. The summed E-state index contributed by atoms with van der Waals surface area (Å²) < 4.78 is 0. The second-order valence-corrected chi connectivity index (χ2v) is 11.7. The summed E-state index contributed by atoms with van der Waals surface area (Å²) in [5.74, 6) is 0.751. The standard InChI is InChI=1S/C7H13PSe/c9-8-4-1-2-7(6-8)3-5-8/h7H,1-6H2. The Morgan fingerprint density at radius 3 is 2.78 bits per heavy atom. The van der Waals surface area contributed by atoms with Gasteiger partial charge in [0.15, 0.2) is 0 Å². The van der Waals surface area contributed by atoms with Gasteiger partial charge in [-0.25, -0.2) is 0 Å². The number of hydrogen-bond donors (Lipinski definition) is 0. The van der Waals surface area contributed by atoms with Crippen LogP contribution in [0.1, 0.15) is 19.3 Å². The zero-order chi connectivity index (χ0) is 6.32. The van der Waals surface area contributed by atoms with Gasteiger partial charge in [0.1, 0.15) is 0 Å². The van der Waals surface area contributed by atoms with Crippen molar-refractivity contribution in [3.63, 3.8) is 0 Å². The summed E-state index contributed by atoms with van der Waals surface area (Å²) in [6.45, 7) is 0. The molecule has 2 unspecified atom stereocenters. The van der Waals surface area contributed by atoms with Crippen LogP contribution in [0.4, 0.5) is 0 Å². The molecule has 0 aromatic heterocycles. The summed E-state index contributed by atoms with van der Waals surface area (Å²) in [5, 5.41) is 0. The van der Waals surface area contributed by atoms with E-state index in [2.05, 4.69) is 15.6 Å². The third-order valence-corrected chi connectivity index (χ3v) is 9.34. The first kappa shape index (κ1) is 6.65. The van der Waals surface area contributed by atoms with Crippen molar-refractivity contribution in [1.82, 2.24) is 0 Å². The fourth-order valence-corrected chi connectivity index (χ4v) is 8.47. The second-order valence-electron chi connectivity index (χ2n) is 3.48. The molecule has 0 N–H and O–H groups in total. The average molecular weight is 207 g/mol. The van der Waals surface area contributed by atoms with Crippen LogP contribution in [0.5, 0.6) is 0 Å². The number of hydrogen-bond acceptors (Lipinski definition) is 0. The van der Waals surface area contributed by atoms with E-state index in [1.54, 1.807) is 31.3 Å². The molecule has 0 aromatic rings. The molecule has 0 spiro atoms. The molecule has 52 valence electrons. The molecule has 0 amide bonds. The maximum absolute atomic E-state index is 3.49. The van der Waals surface area contributed by atoms with Crippen molar-refractivity contribution in [2.24, 2.45) is 5.92 Å². The molecule has 9 heavy (non-hydrogen) atoms. The van der Waals surface area contributed by atoms with Crippen LogP contribution in [-0.2, 0) is 0 Å². The quantitative estimate of drug-likeness (QED) is 0.420. The minimum atomic E-state index is -0.395. The van der Waals surface area contributed by atoms with Gasteiger partial charge in [0.2, 0.25) is 0 Å². The summed E-state index contributed by atoms with van der Waals surface area (Å²) in [6, 6.07) is 0. The molecule has 2 saturated heterocycles. The maximum atomic E-state index is 3.49. The molecule has 2 heterocycles. The number of rotatable bonds is 0. The van der Waals surface area contributed by atoms with E-state index in [1.807, 2.05) is 0 Å². The van der Waals surface area contributed by atoms with Gasteiger partial charge in [0.25, 0.3) is 0 Å². The van der Waals surface area contributed by atoms with Crippen molar-refractivity contribution in [3.05, 3.63) is 0 Å². The Balaban J connectivity index is 2.13. The summed E-state index contributed by atoms with van der Waals surface area (Å²) >= 11 is 3.49. The van der Waals surface area contributed by atoms with Crippen molar-refractivity contribution in [2.45, 2.75) is 19.3 Å². The predicted molar refractivity (Wildman–Crippen MR) is 44.6 cm³/mol. The van der Waals surface area contributed by atoms with Gasteiger partial charge in [-0.15, -0.1) is 0 Å². The zero-order valence-corrected chi connectivity index (χ0v) is 8.28. The molecule has 2 aliphatic heterocycles. The van der Waals surface area contributed by atoms with Gasteiger partial charge < -0.3 is 0 Å². The van der Waals surface area contributed by atoms with E-state index in [9.17, 15) is 0 Å². The van der Waals surface area contributed by atoms with Gasteiger partial charge in [0, 0.05) is 0 Å². The van der Waals surface area contributed by atoms with E-state index in [0.29, 0.717) is 0 Å². The first-order chi connectivity index (χ1) is 4.29. The van der Waals surface area contributed by atoms with Crippen molar-refractivity contribution >= 4 is 21.5 Å². The molecule has 0 aliphatic carbocycles. The molecule has 0 saturated carbocycles. The van der Waals surface area contributed by atoms with Crippen LogP contribution < -0.4 is 0 Å². The summed E-state index contributed by atoms with van der Waals surface area (Å²) in [4.78, 5) is 0. The fraction of sp³-hybridized carbons (Fsp3) is 1.00. The van der Waals surface area contributed by atoms with E-state index >= 15 is 0 Å². The normalized spacial score (nSPS) is 49.7. The minimum absolute atomic E-state index is 0.395. The first-order valence-electron chi connectivity index (χ1n) is 3.86. The van der Waals surface area contributed by atoms with Crippen LogP contribution in [-0.4, -0.2) is 34.1 Å². The van der Waals surface area contributed by atoms with Crippen LogP contribution in [0.3, 0.4) is 0 Å². The molecular formula is C7H13PSe. The molecule has 2 bridgehead atoms. The fourth-order valence-electron chi connectivity index (χ4n) is 2.18. The van der Waals surface area contributed by atoms with Gasteiger partial charge in [-0.1, -0.05) is 0 Å². The SMILES string of the molecule is [Se-][P+]12CCCC(CC1)C2. The summed E-state index contributed by atoms with van der Waals surface area (Å²) in [7, 11) is 0. The van der Waals surface area contributed by atoms with E-state index < -0.39 is 5.95 Å². The molecule has 2 heteroatoms. The summed E-state index contributed by atoms with van der Waals surface area (Å²) in [5.41, 5.74) is 0. The molecular weight excluding hydrogens is 194 g/mol.